The molecule has 0 bridgehead atoms. The average Bonchev–Trinajstić information content (AvgIpc) is 2.37. The molecule has 0 aliphatic heterocycles. The van der Waals surface area contributed by atoms with Crippen LogP contribution in [0.15, 0.2) is 42.6 Å². The fraction of sp³-hybridized carbons (Fsp3) is 0.143. The lowest BCUT2D eigenvalue weighted by molar-refractivity contribution is 0.0464. The lowest BCUT2D eigenvalue weighted by Crippen LogP contribution is -2.06. The van der Waals surface area contributed by atoms with Crippen molar-refractivity contribution < 1.29 is 14.6 Å². The number of pyridine rings is 1. The Kier molecular flexibility index (Phi) is 3.57. The van der Waals surface area contributed by atoms with Gasteiger partial charge in [0.1, 0.15) is 17.9 Å². The molecule has 0 saturated carbocycles. The summed E-state index contributed by atoms with van der Waals surface area (Å²) in [7, 11) is 0. The summed E-state index contributed by atoms with van der Waals surface area (Å²) in [4.78, 5) is 15.8. The second-order valence-corrected chi connectivity index (χ2v) is 3.92. The van der Waals surface area contributed by atoms with E-state index < -0.39 is 5.97 Å². The van der Waals surface area contributed by atoms with Crippen LogP contribution in [0.2, 0.25) is 0 Å². The second kappa shape index (κ2) is 5.31. The third-order valence-corrected chi connectivity index (χ3v) is 2.45. The van der Waals surface area contributed by atoms with Gasteiger partial charge in [0.05, 0.1) is 5.69 Å². The number of phenols is 1. The van der Waals surface area contributed by atoms with E-state index in [1.165, 1.54) is 6.07 Å². The zero-order valence-electron chi connectivity index (χ0n) is 9.96. The first kappa shape index (κ1) is 12.1. The smallest absolute Gasteiger partial charge is 0.342 e. The maximum Gasteiger partial charge on any atom is 0.342 e. The number of nitrogens with zero attached hydrogens (tertiary/aromatic N) is 1. The van der Waals surface area contributed by atoms with Gasteiger partial charge in [-0.05, 0) is 36.8 Å². The van der Waals surface area contributed by atoms with Crippen LogP contribution in [0.5, 0.6) is 5.75 Å². The number of aromatic hydroxyl groups is 1. The molecule has 4 nitrogen and oxygen atoms in total. The normalized spacial score (nSPS) is 10.1. The summed E-state index contributed by atoms with van der Waals surface area (Å²) < 4.78 is 5.07. The molecule has 0 saturated heterocycles. The minimum atomic E-state index is -0.557. The van der Waals surface area contributed by atoms with Gasteiger partial charge in [0, 0.05) is 6.20 Å². The molecular formula is C14H13NO3. The molecular weight excluding hydrogens is 230 g/mol. The van der Waals surface area contributed by atoms with Crippen molar-refractivity contribution in [3.63, 3.8) is 0 Å². The Morgan fingerprint density at radius 1 is 1.33 bits per heavy atom. The van der Waals surface area contributed by atoms with E-state index in [-0.39, 0.29) is 17.9 Å². The Bertz CT molecular complexity index is 552. The van der Waals surface area contributed by atoms with Gasteiger partial charge in [0.25, 0.3) is 0 Å². The molecule has 0 aliphatic carbocycles. The molecule has 0 atom stereocenters. The van der Waals surface area contributed by atoms with Crippen molar-refractivity contribution in [2.45, 2.75) is 13.5 Å². The predicted octanol–water partition coefficient (Wildman–Crippen LogP) is 2.45. The summed E-state index contributed by atoms with van der Waals surface area (Å²) in [5.74, 6) is -0.626. The number of phenolic OH excluding ortho intramolecular Hbond substituents is 1. The Morgan fingerprint density at radius 3 is 2.83 bits per heavy atom. The number of esters is 1. The van der Waals surface area contributed by atoms with Crippen molar-refractivity contribution in [2.75, 3.05) is 0 Å². The first-order valence-corrected chi connectivity index (χ1v) is 5.53. The number of rotatable bonds is 3. The van der Waals surface area contributed by atoms with Crippen molar-refractivity contribution in [1.82, 2.24) is 4.98 Å². The van der Waals surface area contributed by atoms with Gasteiger partial charge in [0.2, 0.25) is 0 Å². The zero-order chi connectivity index (χ0) is 13.0. The van der Waals surface area contributed by atoms with Crippen molar-refractivity contribution in [1.29, 1.82) is 0 Å². The maximum absolute atomic E-state index is 11.7. The van der Waals surface area contributed by atoms with Gasteiger partial charge in [0.15, 0.2) is 0 Å². The highest BCUT2D eigenvalue weighted by Crippen LogP contribution is 2.19. The first-order chi connectivity index (χ1) is 8.66. The molecule has 1 heterocycles. The molecule has 0 spiro atoms. The molecule has 2 aromatic rings. The average molecular weight is 243 g/mol. The van der Waals surface area contributed by atoms with Gasteiger partial charge in [-0.1, -0.05) is 12.1 Å². The first-order valence-electron chi connectivity index (χ1n) is 5.53. The second-order valence-electron chi connectivity index (χ2n) is 3.92. The number of hydrogen-bond acceptors (Lipinski definition) is 4. The van der Waals surface area contributed by atoms with Crippen molar-refractivity contribution in [3.8, 4) is 5.75 Å². The molecule has 1 aromatic carbocycles. The number of aryl methyl sites for hydroxylation is 1. The topological polar surface area (TPSA) is 59.4 Å². The lowest BCUT2D eigenvalue weighted by atomic mass is 10.1. The molecule has 18 heavy (non-hydrogen) atoms. The Hall–Kier alpha value is -2.36. The minimum absolute atomic E-state index is 0.0685. The predicted molar refractivity (Wildman–Crippen MR) is 66.2 cm³/mol. The van der Waals surface area contributed by atoms with Gasteiger partial charge in [-0.3, -0.25) is 4.98 Å². The summed E-state index contributed by atoms with van der Waals surface area (Å²) in [5.41, 5.74) is 1.71. The van der Waals surface area contributed by atoms with Gasteiger partial charge in [-0.15, -0.1) is 0 Å². The third kappa shape index (κ3) is 2.85. The van der Waals surface area contributed by atoms with Crippen LogP contribution in [0.1, 0.15) is 21.6 Å². The monoisotopic (exact) mass is 243 g/mol. The van der Waals surface area contributed by atoms with E-state index in [0.29, 0.717) is 5.69 Å². The molecule has 0 fully saturated rings. The Morgan fingerprint density at radius 2 is 2.17 bits per heavy atom. The number of ether oxygens (including phenoxy) is 1. The minimum Gasteiger partial charge on any atom is -0.507 e. The summed E-state index contributed by atoms with van der Waals surface area (Å²) in [6, 6.07) is 10.2. The van der Waals surface area contributed by atoms with Crippen LogP contribution in [-0.4, -0.2) is 16.1 Å². The van der Waals surface area contributed by atoms with Gasteiger partial charge in [-0.2, -0.15) is 0 Å². The Labute approximate surface area is 105 Å². The lowest BCUT2D eigenvalue weighted by Gasteiger charge is -2.06. The highest BCUT2D eigenvalue weighted by Gasteiger charge is 2.12. The largest absolute Gasteiger partial charge is 0.507 e. The van der Waals surface area contributed by atoms with Crippen LogP contribution in [0.4, 0.5) is 0 Å². The number of carbonyl (C=O) groups excluding carboxylic acids is 1. The number of benzene rings is 1. The molecule has 1 N–H and O–H groups in total. The molecule has 4 heteroatoms. The summed E-state index contributed by atoms with van der Waals surface area (Å²) in [6.45, 7) is 1.93. The van der Waals surface area contributed by atoms with Gasteiger partial charge in [-0.25, -0.2) is 4.79 Å². The van der Waals surface area contributed by atoms with E-state index in [9.17, 15) is 9.90 Å². The summed E-state index contributed by atoms with van der Waals surface area (Å²) in [6.07, 6.45) is 1.63. The van der Waals surface area contributed by atoms with Crippen LogP contribution >= 0.6 is 0 Å². The Balaban J connectivity index is 2.04. The van der Waals surface area contributed by atoms with E-state index in [4.69, 9.17) is 4.74 Å². The van der Waals surface area contributed by atoms with Crippen molar-refractivity contribution in [2.24, 2.45) is 0 Å². The van der Waals surface area contributed by atoms with E-state index in [1.54, 1.807) is 30.5 Å². The summed E-state index contributed by atoms with van der Waals surface area (Å²) >= 11 is 0. The fourth-order valence-electron chi connectivity index (χ4n) is 1.52. The molecule has 0 unspecified atom stereocenters. The highest BCUT2D eigenvalue weighted by atomic mass is 16.5. The molecule has 0 aliphatic rings. The third-order valence-electron chi connectivity index (χ3n) is 2.45. The molecule has 0 radical (unpaired) electrons. The van der Waals surface area contributed by atoms with E-state index in [1.807, 2.05) is 13.0 Å². The zero-order valence-corrected chi connectivity index (χ0v) is 9.96. The fourth-order valence-corrected chi connectivity index (χ4v) is 1.52. The van der Waals surface area contributed by atoms with Crippen LogP contribution in [0.25, 0.3) is 0 Å². The van der Waals surface area contributed by atoms with E-state index >= 15 is 0 Å². The highest BCUT2D eigenvalue weighted by molar-refractivity contribution is 5.92. The SMILES string of the molecule is Cc1ccc(C(=O)OCc2ccccn2)c(O)c1. The maximum atomic E-state index is 11.7. The van der Waals surface area contributed by atoms with Gasteiger partial charge >= 0.3 is 5.97 Å². The summed E-state index contributed by atoms with van der Waals surface area (Å²) in [5, 5.41) is 9.64. The molecule has 92 valence electrons. The standard InChI is InChI=1S/C14H13NO3/c1-10-5-6-12(13(16)8-10)14(17)18-9-11-4-2-3-7-15-11/h2-8,16H,9H2,1H3. The van der Waals surface area contributed by atoms with Crippen molar-refractivity contribution in [3.05, 3.63) is 59.4 Å². The molecule has 0 amide bonds. The van der Waals surface area contributed by atoms with Crippen LogP contribution in [-0.2, 0) is 11.3 Å². The van der Waals surface area contributed by atoms with Crippen LogP contribution < -0.4 is 0 Å². The van der Waals surface area contributed by atoms with Crippen LogP contribution in [0, 0.1) is 6.92 Å². The number of carbonyl (C=O) groups is 1. The number of aromatic nitrogens is 1. The molecule has 1 aromatic heterocycles. The molecule has 2 rings (SSSR count). The van der Waals surface area contributed by atoms with Crippen molar-refractivity contribution >= 4 is 5.97 Å². The number of hydrogen-bond donors (Lipinski definition) is 1. The van der Waals surface area contributed by atoms with Crippen LogP contribution in [0.3, 0.4) is 0 Å². The van der Waals surface area contributed by atoms with E-state index in [0.717, 1.165) is 5.56 Å². The quantitative estimate of drug-likeness (QED) is 0.841. The van der Waals surface area contributed by atoms with Gasteiger partial charge < -0.3 is 9.84 Å². The van der Waals surface area contributed by atoms with E-state index in [2.05, 4.69) is 4.98 Å².